The van der Waals surface area contributed by atoms with E-state index in [9.17, 15) is 4.79 Å². The Kier molecular flexibility index (Phi) is 5.52. The van der Waals surface area contributed by atoms with Gasteiger partial charge in [-0.1, -0.05) is 23.4 Å². The van der Waals surface area contributed by atoms with Crippen molar-refractivity contribution in [3.8, 4) is 0 Å². The third-order valence-electron chi connectivity index (χ3n) is 2.82. The lowest BCUT2D eigenvalue weighted by Crippen LogP contribution is -2.12. The van der Waals surface area contributed by atoms with Crippen LogP contribution in [0.15, 0.2) is 35.7 Å². The van der Waals surface area contributed by atoms with Crippen LogP contribution in [0, 0.1) is 0 Å². The first kappa shape index (κ1) is 15.7. The molecule has 2 aromatic rings. The molecule has 0 saturated heterocycles. The highest BCUT2D eigenvalue weighted by atomic mass is 35.5. The van der Waals surface area contributed by atoms with Crippen LogP contribution in [-0.4, -0.2) is 21.2 Å². The maximum absolute atomic E-state index is 11.8. The van der Waals surface area contributed by atoms with Gasteiger partial charge in [-0.2, -0.15) is 0 Å². The van der Waals surface area contributed by atoms with Crippen LogP contribution >= 0.6 is 23.4 Å². The maximum Gasteiger partial charge on any atom is 0.224 e. The van der Waals surface area contributed by atoms with Gasteiger partial charge in [0.15, 0.2) is 5.16 Å². The average molecular weight is 325 g/mol. The Morgan fingerprint density at radius 2 is 2.33 bits per heavy atom. The number of hydrogen-bond donors (Lipinski definition) is 2. The normalized spacial score (nSPS) is 10.6. The van der Waals surface area contributed by atoms with Gasteiger partial charge in [-0.15, -0.1) is 0 Å². The number of rotatable bonds is 6. The van der Waals surface area contributed by atoms with Crippen molar-refractivity contribution in [3.63, 3.8) is 0 Å². The van der Waals surface area contributed by atoms with Crippen molar-refractivity contribution < 1.29 is 4.79 Å². The summed E-state index contributed by atoms with van der Waals surface area (Å²) in [4.78, 5) is 16.1. The van der Waals surface area contributed by atoms with Crippen LogP contribution in [-0.2, 0) is 11.8 Å². The van der Waals surface area contributed by atoms with Gasteiger partial charge in [0.05, 0.1) is 10.7 Å². The number of carbonyl (C=O) groups is 1. The number of benzene rings is 1. The zero-order valence-electron chi connectivity index (χ0n) is 11.7. The lowest BCUT2D eigenvalue weighted by molar-refractivity contribution is -0.116. The van der Waals surface area contributed by atoms with Gasteiger partial charge in [0.2, 0.25) is 5.91 Å². The molecule has 7 heteroatoms. The number of amides is 1. The molecule has 0 bridgehead atoms. The van der Waals surface area contributed by atoms with Crippen molar-refractivity contribution >= 4 is 40.6 Å². The van der Waals surface area contributed by atoms with Gasteiger partial charge in [0, 0.05) is 37.3 Å². The average Bonchev–Trinajstić information content (AvgIpc) is 2.84. The van der Waals surface area contributed by atoms with E-state index in [4.69, 9.17) is 17.3 Å². The Morgan fingerprint density at radius 1 is 1.52 bits per heavy atom. The minimum atomic E-state index is -0.0536. The van der Waals surface area contributed by atoms with Crippen LogP contribution in [0.25, 0.3) is 0 Å². The van der Waals surface area contributed by atoms with Crippen molar-refractivity contribution in [1.82, 2.24) is 9.55 Å². The molecule has 0 saturated carbocycles. The minimum Gasteiger partial charge on any atom is -0.399 e. The molecule has 1 heterocycles. The van der Waals surface area contributed by atoms with Gasteiger partial charge in [0.1, 0.15) is 0 Å². The highest BCUT2D eigenvalue weighted by molar-refractivity contribution is 7.99. The molecule has 1 amide bonds. The number of imidazole rings is 1. The molecular formula is C14H17ClN4OS. The molecule has 0 aliphatic carbocycles. The lowest BCUT2D eigenvalue weighted by atomic mass is 10.2. The topological polar surface area (TPSA) is 72.9 Å². The molecule has 112 valence electrons. The summed E-state index contributed by atoms with van der Waals surface area (Å²) in [5, 5.41) is 4.19. The van der Waals surface area contributed by atoms with Crippen LogP contribution in [0.4, 0.5) is 11.4 Å². The summed E-state index contributed by atoms with van der Waals surface area (Å²) in [5.41, 5.74) is 6.77. The molecule has 0 aliphatic heterocycles. The number of nitrogens with one attached hydrogen (secondary N) is 1. The first-order chi connectivity index (χ1) is 10.1. The number of halogens is 1. The molecule has 0 atom stereocenters. The van der Waals surface area contributed by atoms with Gasteiger partial charge in [-0.25, -0.2) is 4.98 Å². The molecule has 3 N–H and O–H groups in total. The van der Waals surface area contributed by atoms with Crippen molar-refractivity contribution in [3.05, 3.63) is 35.6 Å². The standard InChI is InChI=1S/C14H17ClN4OS/c1-19-7-6-17-14(19)21-8-2-3-13(20)18-12-5-4-10(16)9-11(12)15/h4-7,9H,2-3,8,16H2,1H3,(H,18,20). The summed E-state index contributed by atoms with van der Waals surface area (Å²) in [6.07, 6.45) is 4.88. The fraction of sp³-hybridized carbons (Fsp3) is 0.286. The molecule has 5 nitrogen and oxygen atoms in total. The third kappa shape index (κ3) is 4.68. The molecule has 0 fully saturated rings. The molecule has 0 spiro atoms. The molecule has 0 aliphatic rings. The second-order valence-electron chi connectivity index (χ2n) is 4.56. The number of aryl methyl sites for hydroxylation is 1. The molecule has 2 rings (SSSR count). The summed E-state index contributed by atoms with van der Waals surface area (Å²) in [6, 6.07) is 5.03. The highest BCUT2D eigenvalue weighted by Crippen LogP contribution is 2.24. The van der Waals surface area contributed by atoms with Gasteiger partial charge in [-0.05, 0) is 24.6 Å². The smallest absolute Gasteiger partial charge is 0.224 e. The number of carbonyl (C=O) groups excluding carboxylic acids is 1. The second kappa shape index (κ2) is 7.38. The van der Waals surface area contributed by atoms with E-state index >= 15 is 0 Å². The van der Waals surface area contributed by atoms with Gasteiger partial charge in [0.25, 0.3) is 0 Å². The van der Waals surface area contributed by atoms with Crippen LogP contribution < -0.4 is 11.1 Å². The predicted octanol–water partition coefficient (Wildman–Crippen LogP) is 3.17. The van der Waals surface area contributed by atoms with E-state index in [1.165, 1.54) is 0 Å². The first-order valence-corrected chi connectivity index (χ1v) is 7.87. The molecule has 21 heavy (non-hydrogen) atoms. The van der Waals surface area contributed by atoms with Crippen molar-refractivity contribution in [2.75, 3.05) is 16.8 Å². The quantitative estimate of drug-likeness (QED) is 0.486. The number of nitrogen functional groups attached to an aromatic ring is 1. The second-order valence-corrected chi connectivity index (χ2v) is 6.03. The molecule has 0 unspecified atom stereocenters. The molecule has 1 aromatic heterocycles. The minimum absolute atomic E-state index is 0.0536. The van der Waals surface area contributed by atoms with E-state index < -0.39 is 0 Å². The largest absolute Gasteiger partial charge is 0.399 e. The highest BCUT2D eigenvalue weighted by Gasteiger charge is 2.07. The maximum atomic E-state index is 11.8. The number of aromatic nitrogens is 2. The fourth-order valence-electron chi connectivity index (χ4n) is 1.73. The first-order valence-electron chi connectivity index (χ1n) is 6.51. The Labute approximate surface area is 132 Å². The Balaban J connectivity index is 1.73. The monoisotopic (exact) mass is 324 g/mol. The van der Waals surface area contributed by atoms with Crippen LogP contribution in [0.1, 0.15) is 12.8 Å². The summed E-state index contributed by atoms with van der Waals surface area (Å²) in [6.45, 7) is 0. The fourth-order valence-corrected chi connectivity index (χ4v) is 2.84. The summed E-state index contributed by atoms with van der Waals surface area (Å²) in [7, 11) is 1.95. The van der Waals surface area contributed by atoms with Crippen molar-refractivity contribution in [1.29, 1.82) is 0 Å². The number of hydrogen-bond acceptors (Lipinski definition) is 4. The third-order valence-corrected chi connectivity index (χ3v) is 4.28. The van der Waals surface area contributed by atoms with E-state index in [1.807, 2.05) is 17.8 Å². The van der Waals surface area contributed by atoms with Crippen LogP contribution in [0.3, 0.4) is 0 Å². The Bertz CT molecular complexity index is 629. The summed E-state index contributed by atoms with van der Waals surface area (Å²) < 4.78 is 1.96. The van der Waals surface area contributed by atoms with E-state index in [0.717, 1.165) is 17.3 Å². The Hall–Kier alpha value is -1.66. The molecule has 1 aromatic carbocycles. The predicted molar refractivity (Wildman–Crippen MR) is 87.7 cm³/mol. The van der Waals surface area contributed by atoms with Crippen LogP contribution in [0.5, 0.6) is 0 Å². The van der Waals surface area contributed by atoms with Crippen molar-refractivity contribution in [2.24, 2.45) is 7.05 Å². The van der Waals surface area contributed by atoms with Gasteiger partial charge in [-0.3, -0.25) is 4.79 Å². The van der Waals surface area contributed by atoms with Gasteiger partial charge >= 0.3 is 0 Å². The number of nitrogens with two attached hydrogens (primary N) is 1. The van der Waals surface area contributed by atoms with E-state index in [-0.39, 0.29) is 5.91 Å². The Morgan fingerprint density at radius 3 is 3.00 bits per heavy atom. The van der Waals surface area contributed by atoms with Crippen molar-refractivity contribution in [2.45, 2.75) is 18.0 Å². The SMILES string of the molecule is Cn1ccnc1SCCCC(=O)Nc1ccc(N)cc1Cl. The summed E-state index contributed by atoms with van der Waals surface area (Å²) in [5.74, 6) is 0.787. The van der Waals surface area contributed by atoms with Crippen LogP contribution in [0.2, 0.25) is 5.02 Å². The number of nitrogens with zero attached hydrogens (tertiary/aromatic N) is 2. The number of anilines is 2. The number of thioether (sulfide) groups is 1. The van der Waals surface area contributed by atoms with Gasteiger partial charge < -0.3 is 15.6 Å². The summed E-state index contributed by atoms with van der Waals surface area (Å²) >= 11 is 7.65. The zero-order chi connectivity index (χ0) is 15.2. The van der Waals surface area contributed by atoms with E-state index in [2.05, 4.69) is 10.3 Å². The zero-order valence-corrected chi connectivity index (χ0v) is 13.2. The molecular weight excluding hydrogens is 308 g/mol. The lowest BCUT2D eigenvalue weighted by Gasteiger charge is -2.07. The van der Waals surface area contributed by atoms with E-state index in [1.54, 1.807) is 36.2 Å². The van der Waals surface area contributed by atoms with E-state index in [0.29, 0.717) is 22.8 Å². The molecule has 0 radical (unpaired) electrons.